The number of carboxylic acid groups (broad SMARTS) is 1. The lowest BCUT2D eigenvalue weighted by atomic mass is 10.2. The molecule has 0 bridgehead atoms. The normalized spacial score (nSPS) is 11.0. The van der Waals surface area contributed by atoms with Gasteiger partial charge in [-0.1, -0.05) is 23.4 Å². The van der Waals surface area contributed by atoms with Crippen LogP contribution in [-0.2, 0) is 11.3 Å². The molecule has 0 fully saturated rings. The van der Waals surface area contributed by atoms with E-state index in [4.69, 9.17) is 9.63 Å². The largest absolute Gasteiger partial charge is 0.481 e. The summed E-state index contributed by atoms with van der Waals surface area (Å²) in [6.07, 6.45) is 2.74. The van der Waals surface area contributed by atoms with E-state index < -0.39 is 11.8 Å². The zero-order valence-electron chi connectivity index (χ0n) is 17.7. The molecular formula is C22H20F2N6O3. The minimum absolute atomic E-state index is 0.0250. The van der Waals surface area contributed by atoms with E-state index in [1.807, 2.05) is 0 Å². The van der Waals surface area contributed by atoms with Crippen molar-refractivity contribution in [3.63, 3.8) is 0 Å². The molecule has 4 rings (SSSR count). The van der Waals surface area contributed by atoms with Crippen LogP contribution in [0.2, 0.25) is 0 Å². The highest BCUT2D eigenvalue weighted by atomic mass is 19.1. The molecule has 0 atom stereocenters. The van der Waals surface area contributed by atoms with E-state index in [2.05, 4.69) is 20.2 Å². The Balaban J connectivity index is 1.68. The third-order valence-electron chi connectivity index (χ3n) is 4.96. The summed E-state index contributed by atoms with van der Waals surface area (Å²) in [5.41, 5.74) is 1.80. The molecule has 0 saturated carbocycles. The zero-order chi connectivity index (χ0) is 23.4. The molecular weight excluding hydrogens is 434 g/mol. The van der Waals surface area contributed by atoms with E-state index >= 15 is 0 Å². The second-order valence-corrected chi connectivity index (χ2v) is 7.33. The van der Waals surface area contributed by atoms with Crippen molar-refractivity contribution in [3.8, 4) is 22.9 Å². The van der Waals surface area contributed by atoms with Crippen molar-refractivity contribution in [2.24, 2.45) is 0 Å². The number of aliphatic carboxylic acids is 1. The SMILES string of the molecule is CN(CCCC(=O)O)c1nc(-c2cc(-c3ccon3)n(Cc3ccccc3F)n2)ncc1F. The van der Waals surface area contributed by atoms with E-state index in [9.17, 15) is 13.6 Å². The highest BCUT2D eigenvalue weighted by Gasteiger charge is 2.19. The van der Waals surface area contributed by atoms with Crippen LogP contribution in [0.25, 0.3) is 22.9 Å². The second-order valence-electron chi connectivity index (χ2n) is 7.33. The van der Waals surface area contributed by atoms with Gasteiger partial charge in [0.1, 0.15) is 23.5 Å². The lowest BCUT2D eigenvalue weighted by Gasteiger charge is -2.18. The van der Waals surface area contributed by atoms with Gasteiger partial charge in [-0.3, -0.25) is 9.48 Å². The third kappa shape index (κ3) is 5.03. The summed E-state index contributed by atoms with van der Waals surface area (Å²) in [7, 11) is 1.62. The quantitative estimate of drug-likeness (QED) is 0.408. The number of nitrogens with zero attached hydrogens (tertiary/aromatic N) is 6. The average molecular weight is 454 g/mol. The maximum atomic E-state index is 14.4. The Hall–Kier alpha value is -4.15. The average Bonchev–Trinajstić information content (AvgIpc) is 3.45. The third-order valence-corrected chi connectivity index (χ3v) is 4.96. The van der Waals surface area contributed by atoms with Crippen molar-refractivity contribution >= 4 is 11.8 Å². The molecule has 0 spiro atoms. The van der Waals surface area contributed by atoms with E-state index in [-0.39, 0.29) is 30.4 Å². The van der Waals surface area contributed by atoms with Crippen molar-refractivity contribution in [2.45, 2.75) is 19.4 Å². The van der Waals surface area contributed by atoms with E-state index in [1.54, 1.807) is 42.1 Å². The first kappa shape index (κ1) is 22.1. The van der Waals surface area contributed by atoms with Crippen LogP contribution < -0.4 is 4.90 Å². The fraction of sp³-hybridized carbons (Fsp3) is 0.227. The number of carboxylic acids is 1. The molecule has 1 aromatic carbocycles. The molecule has 9 nitrogen and oxygen atoms in total. The van der Waals surface area contributed by atoms with Gasteiger partial charge in [0.25, 0.3) is 0 Å². The highest BCUT2D eigenvalue weighted by molar-refractivity contribution is 5.66. The smallest absolute Gasteiger partial charge is 0.303 e. The minimum atomic E-state index is -0.923. The lowest BCUT2D eigenvalue weighted by Crippen LogP contribution is -2.22. The molecule has 0 aliphatic heterocycles. The van der Waals surface area contributed by atoms with Gasteiger partial charge >= 0.3 is 5.97 Å². The fourth-order valence-corrected chi connectivity index (χ4v) is 3.31. The first-order valence-electron chi connectivity index (χ1n) is 10.1. The molecule has 0 aliphatic carbocycles. The van der Waals surface area contributed by atoms with Crippen molar-refractivity contribution in [2.75, 3.05) is 18.5 Å². The van der Waals surface area contributed by atoms with Gasteiger partial charge in [-0.25, -0.2) is 18.7 Å². The molecule has 0 saturated heterocycles. The molecule has 0 unspecified atom stereocenters. The predicted octanol–water partition coefficient (Wildman–Crippen LogP) is 3.62. The molecule has 170 valence electrons. The van der Waals surface area contributed by atoms with Crippen LogP contribution in [0.15, 0.2) is 53.4 Å². The van der Waals surface area contributed by atoms with Gasteiger partial charge in [-0.05, 0) is 18.6 Å². The molecule has 0 radical (unpaired) electrons. The van der Waals surface area contributed by atoms with Crippen LogP contribution in [0.1, 0.15) is 18.4 Å². The van der Waals surface area contributed by atoms with Gasteiger partial charge in [0, 0.05) is 31.6 Å². The van der Waals surface area contributed by atoms with E-state index in [1.165, 1.54) is 17.2 Å². The van der Waals surface area contributed by atoms with Crippen LogP contribution in [0.5, 0.6) is 0 Å². The van der Waals surface area contributed by atoms with Crippen molar-refractivity contribution < 1.29 is 23.2 Å². The van der Waals surface area contributed by atoms with Crippen LogP contribution in [0.4, 0.5) is 14.6 Å². The van der Waals surface area contributed by atoms with Gasteiger partial charge in [-0.2, -0.15) is 5.10 Å². The standard InChI is InChI=1S/C22H20F2N6O3/c1-29(9-4-7-20(31)32)22-16(24)12-25-21(26-22)18-11-19(17-8-10-33-28-17)30(27-18)13-14-5-2-3-6-15(14)23/h2-3,5-6,8,10-12H,4,7,9,13H2,1H3,(H,31,32). The van der Waals surface area contributed by atoms with E-state index in [0.717, 1.165) is 6.20 Å². The zero-order valence-corrected chi connectivity index (χ0v) is 17.7. The summed E-state index contributed by atoms with van der Waals surface area (Å²) in [4.78, 5) is 20.6. The summed E-state index contributed by atoms with van der Waals surface area (Å²) >= 11 is 0. The summed E-state index contributed by atoms with van der Waals surface area (Å²) < 4.78 is 35.1. The number of hydrogen-bond acceptors (Lipinski definition) is 7. The van der Waals surface area contributed by atoms with Crippen LogP contribution in [0.3, 0.4) is 0 Å². The lowest BCUT2D eigenvalue weighted by molar-refractivity contribution is -0.137. The summed E-state index contributed by atoms with van der Waals surface area (Å²) in [6, 6.07) is 9.67. The molecule has 11 heteroatoms. The summed E-state index contributed by atoms with van der Waals surface area (Å²) in [6.45, 7) is 0.420. The van der Waals surface area contributed by atoms with Gasteiger partial charge in [0.15, 0.2) is 17.5 Å². The number of anilines is 1. The summed E-state index contributed by atoms with van der Waals surface area (Å²) in [5.74, 6) is -1.75. The Morgan fingerprint density at radius 1 is 1.18 bits per heavy atom. The Morgan fingerprint density at radius 2 is 2.00 bits per heavy atom. The predicted molar refractivity (Wildman–Crippen MR) is 114 cm³/mol. The molecule has 33 heavy (non-hydrogen) atoms. The maximum Gasteiger partial charge on any atom is 0.303 e. The Bertz CT molecular complexity index is 1260. The van der Waals surface area contributed by atoms with Crippen molar-refractivity contribution in [3.05, 3.63) is 66.1 Å². The molecule has 0 amide bonds. The second kappa shape index (κ2) is 9.55. The van der Waals surface area contributed by atoms with Gasteiger partial charge in [0.2, 0.25) is 0 Å². The van der Waals surface area contributed by atoms with Crippen molar-refractivity contribution in [1.29, 1.82) is 0 Å². The number of rotatable bonds is 9. The molecule has 4 aromatic rings. The van der Waals surface area contributed by atoms with Crippen LogP contribution in [-0.4, -0.2) is 49.6 Å². The number of aromatic nitrogens is 5. The summed E-state index contributed by atoms with van der Waals surface area (Å²) in [5, 5.41) is 17.3. The molecule has 0 aliphatic rings. The van der Waals surface area contributed by atoms with Crippen LogP contribution in [0, 0.1) is 11.6 Å². The Morgan fingerprint density at radius 3 is 2.73 bits per heavy atom. The monoisotopic (exact) mass is 454 g/mol. The topological polar surface area (TPSA) is 110 Å². The Labute approximate surface area is 187 Å². The highest BCUT2D eigenvalue weighted by Crippen LogP contribution is 2.26. The molecule has 1 N–H and O–H groups in total. The number of hydrogen-bond donors (Lipinski definition) is 1. The van der Waals surface area contributed by atoms with Gasteiger partial charge < -0.3 is 14.5 Å². The number of benzene rings is 1. The van der Waals surface area contributed by atoms with Crippen LogP contribution >= 0.6 is 0 Å². The Kier molecular flexibility index (Phi) is 6.38. The number of halogens is 2. The molecule has 3 heterocycles. The van der Waals surface area contributed by atoms with Gasteiger partial charge in [0.05, 0.1) is 18.4 Å². The van der Waals surface area contributed by atoms with Gasteiger partial charge in [-0.15, -0.1) is 0 Å². The van der Waals surface area contributed by atoms with Crippen molar-refractivity contribution in [1.82, 2.24) is 24.9 Å². The van der Waals surface area contributed by atoms with E-state index in [0.29, 0.717) is 35.6 Å². The number of carbonyl (C=O) groups is 1. The first-order valence-corrected chi connectivity index (χ1v) is 10.1. The minimum Gasteiger partial charge on any atom is -0.481 e. The fourth-order valence-electron chi connectivity index (χ4n) is 3.31. The molecule has 3 aromatic heterocycles. The first-order chi connectivity index (χ1) is 15.9. The maximum absolute atomic E-state index is 14.4.